The molecule has 178 valence electrons. The molecule has 0 bridgehead atoms. The highest BCUT2D eigenvalue weighted by Crippen LogP contribution is 2.39. The number of carbonyl (C=O) groups is 1. The largest absolute Gasteiger partial charge is 0.465 e. The summed E-state index contributed by atoms with van der Waals surface area (Å²) >= 11 is 1.63. The summed E-state index contributed by atoms with van der Waals surface area (Å²) in [5.41, 5.74) is 0. The van der Waals surface area contributed by atoms with Gasteiger partial charge in [-0.3, -0.25) is 4.79 Å². The highest BCUT2D eigenvalue weighted by Gasteiger charge is 2.41. The van der Waals surface area contributed by atoms with Gasteiger partial charge in [0.1, 0.15) is 0 Å². The molecule has 0 radical (unpaired) electrons. The lowest BCUT2D eigenvalue weighted by molar-refractivity contribution is -0.148. The van der Waals surface area contributed by atoms with Gasteiger partial charge in [0.15, 0.2) is 0 Å². The van der Waals surface area contributed by atoms with Crippen LogP contribution in [0.1, 0.15) is 97.8 Å². The molecule has 1 rings (SSSR count). The second-order valence-electron chi connectivity index (χ2n) is 9.04. The van der Waals surface area contributed by atoms with E-state index < -0.39 is 12.2 Å². The van der Waals surface area contributed by atoms with Crippen LogP contribution in [0.2, 0.25) is 0 Å². The fourth-order valence-electron chi connectivity index (χ4n) is 4.17. The molecule has 0 spiro atoms. The van der Waals surface area contributed by atoms with Crippen molar-refractivity contribution < 1.29 is 24.9 Å². The molecule has 0 amide bonds. The molecule has 0 saturated heterocycles. The van der Waals surface area contributed by atoms with Gasteiger partial charge in [0.05, 0.1) is 30.8 Å². The van der Waals surface area contributed by atoms with Gasteiger partial charge in [-0.2, -0.15) is 11.8 Å². The van der Waals surface area contributed by atoms with Crippen LogP contribution in [-0.2, 0) is 9.53 Å². The Kier molecular flexibility index (Phi) is 15.1. The zero-order chi connectivity index (χ0) is 22.4. The highest BCUT2D eigenvalue weighted by molar-refractivity contribution is 8.00. The van der Waals surface area contributed by atoms with Crippen molar-refractivity contribution in [2.75, 3.05) is 12.4 Å². The average Bonchev–Trinajstić information content (AvgIpc) is 2.98. The maximum Gasteiger partial charge on any atom is 0.308 e. The molecule has 0 aliphatic heterocycles. The first-order chi connectivity index (χ1) is 14.4. The van der Waals surface area contributed by atoms with E-state index in [4.69, 9.17) is 4.74 Å². The average molecular weight is 447 g/mol. The van der Waals surface area contributed by atoms with E-state index in [1.807, 2.05) is 6.92 Å². The van der Waals surface area contributed by atoms with Crippen LogP contribution in [0.3, 0.4) is 0 Å². The van der Waals surface area contributed by atoms with Crippen LogP contribution in [0, 0.1) is 11.8 Å². The molecular formula is C24H46O5S. The van der Waals surface area contributed by atoms with Gasteiger partial charge in [-0.15, -0.1) is 0 Å². The molecule has 1 aliphatic rings. The van der Waals surface area contributed by atoms with Gasteiger partial charge in [-0.05, 0) is 31.6 Å². The van der Waals surface area contributed by atoms with E-state index in [-0.39, 0.29) is 29.2 Å². The number of carbonyl (C=O) groups excluding carboxylic acids is 1. The maximum atomic E-state index is 11.9. The number of esters is 1. The predicted octanol–water partition coefficient (Wildman–Crippen LogP) is 4.70. The third kappa shape index (κ3) is 10.8. The van der Waals surface area contributed by atoms with Crippen LogP contribution in [0.15, 0.2) is 0 Å². The molecule has 0 heterocycles. The first kappa shape index (κ1) is 27.7. The summed E-state index contributed by atoms with van der Waals surface area (Å²) in [5.74, 6) is 0.570. The molecule has 1 fully saturated rings. The van der Waals surface area contributed by atoms with E-state index in [0.29, 0.717) is 18.8 Å². The minimum absolute atomic E-state index is 0.00768. The molecule has 0 aromatic rings. The van der Waals surface area contributed by atoms with Gasteiger partial charge in [-0.25, -0.2) is 0 Å². The number of hydrogen-bond donors (Lipinski definition) is 3. The highest BCUT2D eigenvalue weighted by atomic mass is 32.2. The van der Waals surface area contributed by atoms with Crippen LogP contribution < -0.4 is 0 Å². The smallest absolute Gasteiger partial charge is 0.308 e. The fraction of sp³-hybridized carbons (Fsp3) is 0.958. The van der Waals surface area contributed by atoms with Crippen molar-refractivity contribution in [3.8, 4) is 0 Å². The second-order valence-corrected chi connectivity index (χ2v) is 10.3. The van der Waals surface area contributed by atoms with Crippen LogP contribution in [-0.4, -0.2) is 57.2 Å². The zero-order valence-corrected chi connectivity index (χ0v) is 20.2. The van der Waals surface area contributed by atoms with E-state index in [9.17, 15) is 20.1 Å². The molecule has 1 saturated carbocycles. The van der Waals surface area contributed by atoms with Crippen molar-refractivity contribution in [2.24, 2.45) is 11.8 Å². The lowest BCUT2D eigenvalue weighted by Crippen LogP contribution is -2.27. The Bertz CT molecular complexity index is 447. The van der Waals surface area contributed by atoms with Gasteiger partial charge >= 0.3 is 5.97 Å². The van der Waals surface area contributed by atoms with Crippen molar-refractivity contribution >= 4 is 17.7 Å². The molecule has 1 aliphatic carbocycles. The number of rotatable bonds is 17. The second kappa shape index (κ2) is 16.3. The summed E-state index contributed by atoms with van der Waals surface area (Å²) in [6.07, 6.45) is 9.97. The molecule has 4 unspecified atom stereocenters. The van der Waals surface area contributed by atoms with E-state index >= 15 is 0 Å². The number of unbranched alkanes of at least 4 members (excludes halogenated alkanes) is 5. The van der Waals surface area contributed by atoms with Crippen molar-refractivity contribution in [3.05, 3.63) is 0 Å². The minimum atomic E-state index is -0.490. The summed E-state index contributed by atoms with van der Waals surface area (Å²) in [5, 5.41) is 31.0. The molecular weight excluding hydrogens is 400 g/mol. The van der Waals surface area contributed by atoms with Gasteiger partial charge in [0, 0.05) is 17.4 Å². The molecule has 30 heavy (non-hydrogen) atoms. The number of aliphatic hydroxyl groups excluding tert-OH is 3. The topological polar surface area (TPSA) is 87.0 Å². The van der Waals surface area contributed by atoms with E-state index in [1.165, 1.54) is 0 Å². The third-order valence-corrected chi connectivity index (χ3v) is 7.85. The maximum absolute atomic E-state index is 11.9. The quantitative estimate of drug-likeness (QED) is 0.222. The van der Waals surface area contributed by atoms with Gasteiger partial charge < -0.3 is 20.1 Å². The predicted molar refractivity (Wildman–Crippen MR) is 125 cm³/mol. The molecule has 0 aromatic heterocycles. The van der Waals surface area contributed by atoms with E-state index in [2.05, 4.69) is 13.8 Å². The summed E-state index contributed by atoms with van der Waals surface area (Å²) in [6, 6.07) is 0. The minimum Gasteiger partial charge on any atom is -0.465 e. The first-order valence-corrected chi connectivity index (χ1v) is 13.3. The molecule has 3 N–H and O–H groups in total. The Hall–Kier alpha value is -0.300. The van der Waals surface area contributed by atoms with Crippen molar-refractivity contribution in [1.82, 2.24) is 0 Å². The Labute approximate surface area is 188 Å². The monoisotopic (exact) mass is 446 g/mol. The standard InChI is InChI=1S/C24H46O5S/c1-4-6-9-13-19(25)17-30-23-20(21(26)16-22(23)27)14-11-8-10-12-18(3)24(28)29-15-7-5-2/h18-23,25-27H,4-17H2,1-3H3/t18?,19?,20-,21?,22?,23+/m0/s1. The van der Waals surface area contributed by atoms with Gasteiger partial charge in [-0.1, -0.05) is 65.7 Å². The normalized spacial score (nSPS) is 25.9. The number of aliphatic hydroxyl groups is 3. The Morgan fingerprint density at radius 2 is 1.70 bits per heavy atom. The number of hydrogen-bond acceptors (Lipinski definition) is 6. The summed E-state index contributed by atoms with van der Waals surface area (Å²) in [4.78, 5) is 11.9. The number of thioether (sulfide) groups is 1. The van der Waals surface area contributed by atoms with Gasteiger partial charge in [0.2, 0.25) is 0 Å². The van der Waals surface area contributed by atoms with Crippen LogP contribution in [0.5, 0.6) is 0 Å². The van der Waals surface area contributed by atoms with Crippen molar-refractivity contribution in [1.29, 1.82) is 0 Å². The lowest BCUT2D eigenvalue weighted by Gasteiger charge is -2.24. The molecule has 6 atom stereocenters. The van der Waals surface area contributed by atoms with E-state index in [1.54, 1.807) is 11.8 Å². The summed E-state index contributed by atoms with van der Waals surface area (Å²) < 4.78 is 5.28. The Morgan fingerprint density at radius 1 is 1.00 bits per heavy atom. The Balaban J connectivity index is 2.27. The fourth-order valence-corrected chi connectivity index (χ4v) is 5.68. The van der Waals surface area contributed by atoms with E-state index in [0.717, 1.165) is 70.6 Å². The zero-order valence-electron chi connectivity index (χ0n) is 19.4. The lowest BCUT2D eigenvalue weighted by atomic mass is 9.95. The van der Waals surface area contributed by atoms with Crippen LogP contribution in [0.4, 0.5) is 0 Å². The molecule has 5 nitrogen and oxygen atoms in total. The summed E-state index contributed by atoms with van der Waals surface area (Å²) in [7, 11) is 0. The van der Waals surface area contributed by atoms with Crippen LogP contribution in [0.25, 0.3) is 0 Å². The Morgan fingerprint density at radius 3 is 2.40 bits per heavy atom. The number of ether oxygens (including phenoxy) is 1. The van der Waals surface area contributed by atoms with Crippen molar-refractivity contribution in [2.45, 2.75) is 121 Å². The van der Waals surface area contributed by atoms with Crippen LogP contribution >= 0.6 is 11.8 Å². The third-order valence-electron chi connectivity index (χ3n) is 6.22. The first-order valence-electron chi connectivity index (χ1n) is 12.2. The SMILES string of the molecule is CCCCCC(O)CS[C@H]1C(O)CC(O)[C@@H]1CCCCCC(C)C(=O)OCCCC. The van der Waals surface area contributed by atoms with Gasteiger partial charge in [0.25, 0.3) is 0 Å². The van der Waals surface area contributed by atoms with Crippen molar-refractivity contribution in [3.63, 3.8) is 0 Å². The summed E-state index contributed by atoms with van der Waals surface area (Å²) in [6.45, 7) is 6.69. The molecule has 6 heteroatoms. The molecule has 0 aromatic carbocycles.